The molecule has 0 amide bonds. The first-order chi connectivity index (χ1) is 2.89. The van der Waals surface area contributed by atoms with Crippen LogP contribution in [-0.4, -0.2) is 24.1 Å². The van der Waals surface area contributed by atoms with Crippen molar-refractivity contribution in [2.75, 3.05) is 19.8 Å². The highest BCUT2D eigenvalue weighted by Crippen LogP contribution is 1.92. The predicted octanol–water partition coefficient (Wildman–Crippen LogP) is -0.0384. The van der Waals surface area contributed by atoms with Gasteiger partial charge in [-0.2, -0.15) is 0 Å². The SMILES string of the molecule is [S]N1CCNC1. The van der Waals surface area contributed by atoms with Crippen molar-refractivity contribution in [1.82, 2.24) is 9.62 Å². The smallest absolute Gasteiger partial charge is 0.0590 e. The molecule has 1 saturated heterocycles. The van der Waals surface area contributed by atoms with Gasteiger partial charge < -0.3 is 5.32 Å². The van der Waals surface area contributed by atoms with Gasteiger partial charge in [-0.25, -0.2) is 4.31 Å². The molecule has 35 valence electrons. The van der Waals surface area contributed by atoms with Gasteiger partial charge in [0.15, 0.2) is 0 Å². The summed E-state index contributed by atoms with van der Waals surface area (Å²) in [5.74, 6) is 0. The van der Waals surface area contributed by atoms with Crippen molar-refractivity contribution in [3.8, 4) is 0 Å². The maximum Gasteiger partial charge on any atom is 0.0590 e. The molecule has 1 heterocycles. The Labute approximate surface area is 43.1 Å². The molecule has 1 N–H and O–H groups in total. The minimum Gasteiger partial charge on any atom is -0.302 e. The summed E-state index contributed by atoms with van der Waals surface area (Å²) < 4.78 is 1.83. The molecule has 1 rings (SSSR count). The molecule has 6 heavy (non-hydrogen) atoms. The maximum atomic E-state index is 4.77. The molecule has 1 aliphatic rings. The molecule has 0 spiro atoms. The van der Waals surface area contributed by atoms with Gasteiger partial charge in [-0.05, 0) is 0 Å². The van der Waals surface area contributed by atoms with Crippen LogP contribution in [0.4, 0.5) is 0 Å². The molecule has 1 radical (unpaired) electrons. The minimum absolute atomic E-state index is 0.884. The van der Waals surface area contributed by atoms with Gasteiger partial charge >= 0.3 is 0 Å². The first-order valence-corrected chi connectivity index (χ1v) is 2.39. The lowest BCUT2D eigenvalue weighted by Crippen LogP contribution is -2.10. The molecule has 0 aromatic carbocycles. The normalized spacial score (nSPS) is 25.5. The highest BCUT2D eigenvalue weighted by Gasteiger charge is 2.03. The molecule has 2 nitrogen and oxygen atoms in total. The molecule has 0 bridgehead atoms. The van der Waals surface area contributed by atoms with E-state index in [1.54, 1.807) is 0 Å². The number of hydrogen-bond donors (Lipinski definition) is 1. The highest BCUT2D eigenvalue weighted by atomic mass is 32.1. The molecule has 0 aliphatic carbocycles. The summed E-state index contributed by atoms with van der Waals surface area (Å²) in [4.78, 5) is 0. The van der Waals surface area contributed by atoms with E-state index in [1.807, 2.05) is 4.31 Å². The van der Waals surface area contributed by atoms with Crippen LogP contribution in [0, 0.1) is 0 Å². The Morgan fingerprint density at radius 3 is 2.67 bits per heavy atom. The van der Waals surface area contributed by atoms with Gasteiger partial charge in [0.1, 0.15) is 0 Å². The Morgan fingerprint density at radius 1 is 1.67 bits per heavy atom. The Hall–Kier alpha value is 0.270. The van der Waals surface area contributed by atoms with Gasteiger partial charge in [-0.15, -0.1) is 0 Å². The Kier molecular flexibility index (Phi) is 1.34. The fourth-order valence-corrected chi connectivity index (χ4v) is 0.669. The molecule has 0 atom stereocenters. The van der Waals surface area contributed by atoms with E-state index in [1.165, 1.54) is 0 Å². The van der Waals surface area contributed by atoms with Gasteiger partial charge in [-0.3, -0.25) is 0 Å². The van der Waals surface area contributed by atoms with Crippen LogP contribution in [0.3, 0.4) is 0 Å². The second-order valence-electron chi connectivity index (χ2n) is 1.36. The average Bonchev–Trinajstić information content (AvgIpc) is 1.86. The zero-order valence-electron chi connectivity index (χ0n) is 3.48. The van der Waals surface area contributed by atoms with E-state index in [4.69, 9.17) is 12.8 Å². The third-order valence-corrected chi connectivity index (χ3v) is 1.14. The van der Waals surface area contributed by atoms with Crippen molar-refractivity contribution >= 4 is 12.8 Å². The number of nitrogens with one attached hydrogen (secondary N) is 1. The quantitative estimate of drug-likeness (QED) is 0.463. The number of rotatable bonds is 0. The minimum atomic E-state index is 0.884. The second kappa shape index (κ2) is 1.82. The maximum absolute atomic E-state index is 4.77. The van der Waals surface area contributed by atoms with E-state index in [-0.39, 0.29) is 0 Å². The fourth-order valence-electron chi connectivity index (χ4n) is 0.487. The fraction of sp³-hybridized carbons (Fsp3) is 1.00. The van der Waals surface area contributed by atoms with Crippen LogP contribution >= 0.6 is 12.8 Å². The van der Waals surface area contributed by atoms with E-state index >= 15 is 0 Å². The van der Waals surface area contributed by atoms with Gasteiger partial charge in [0, 0.05) is 25.9 Å². The van der Waals surface area contributed by atoms with Gasteiger partial charge in [-0.1, -0.05) is 0 Å². The van der Waals surface area contributed by atoms with Crippen molar-refractivity contribution in [3.63, 3.8) is 0 Å². The highest BCUT2D eigenvalue weighted by molar-refractivity contribution is 7.77. The summed E-state index contributed by atoms with van der Waals surface area (Å²) in [5.41, 5.74) is 0. The summed E-state index contributed by atoms with van der Waals surface area (Å²) in [6.07, 6.45) is 0. The molecule has 1 aliphatic heterocycles. The van der Waals surface area contributed by atoms with E-state index < -0.39 is 0 Å². The van der Waals surface area contributed by atoms with Crippen LogP contribution in [-0.2, 0) is 0 Å². The van der Waals surface area contributed by atoms with Crippen molar-refractivity contribution < 1.29 is 0 Å². The zero-order chi connectivity index (χ0) is 4.41. The molecule has 0 unspecified atom stereocenters. The molecule has 3 heteroatoms. The molecule has 0 aromatic rings. The number of nitrogens with zero attached hydrogens (tertiary/aromatic N) is 1. The van der Waals surface area contributed by atoms with Crippen LogP contribution in [0.5, 0.6) is 0 Å². The van der Waals surface area contributed by atoms with Crippen LogP contribution in [0.2, 0.25) is 0 Å². The van der Waals surface area contributed by atoms with E-state index in [0.717, 1.165) is 19.8 Å². The van der Waals surface area contributed by atoms with Gasteiger partial charge in [0.2, 0.25) is 0 Å². The lowest BCUT2D eigenvalue weighted by Gasteiger charge is -1.96. The summed E-state index contributed by atoms with van der Waals surface area (Å²) in [6.45, 7) is 2.97. The molecule has 1 fully saturated rings. The van der Waals surface area contributed by atoms with E-state index in [9.17, 15) is 0 Å². The largest absolute Gasteiger partial charge is 0.302 e. The van der Waals surface area contributed by atoms with Crippen LogP contribution in [0.15, 0.2) is 0 Å². The van der Waals surface area contributed by atoms with Gasteiger partial charge in [0.25, 0.3) is 0 Å². The molecular formula is C3H7N2S. The van der Waals surface area contributed by atoms with Crippen molar-refractivity contribution in [3.05, 3.63) is 0 Å². The Balaban J connectivity index is 2.18. The zero-order valence-corrected chi connectivity index (χ0v) is 4.29. The van der Waals surface area contributed by atoms with Crippen LogP contribution in [0.1, 0.15) is 0 Å². The summed E-state index contributed by atoms with van der Waals surface area (Å²) >= 11 is 4.77. The summed E-state index contributed by atoms with van der Waals surface area (Å²) in [5, 5.41) is 3.09. The van der Waals surface area contributed by atoms with Crippen molar-refractivity contribution in [2.24, 2.45) is 0 Å². The third kappa shape index (κ3) is 0.864. The number of hydrogen-bond acceptors (Lipinski definition) is 2. The average molecular weight is 103 g/mol. The first-order valence-electron chi connectivity index (χ1n) is 2.02. The van der Waals surface area contributed by atoms with Crippen molar-refractivity contribution in [1.29, 1.82) is 0 Å². The summed E-state index contributed by atoms with van der Waals surface area (Å²) in [7, 11) is 0. The molecule has 0 saturated carbocycles. The Bertz CT molecular complexity index is 42.1. The molecular weight excluding hydrogens is 96.1 g/mol. The van der Waals surface area contributed by atoms with E-state index in [2.05, 4.69) is 5.32 Å². The van der Waals surface area contributed by atoms with Crippen LogP contribution in [0.25, 0.3) is 0 Å². The topological polar surface area (TPSA) is 15.3 Å². The van der Waals surface area contributed by atoms with Crippen LogP contribution < -0.4 is 5.32 Å². The van der Waals surface area contributed by atoms with E-state index in [0.29, 0.717) is 0 Å². The van der Waals surface area contributed by atoms with Crippen molar-refractivity contribution in [2.45, 2.75) is 0 Å². The third-order valence-electron chi connectivity index (χ3n) is 0.826. The lowest BCUT2D eigenvalue weighted by molar-refractivity contribution is 0.584. The first kappa shape index (κ1) is 4.43. The molecule has 0 aromatic heterocycles. The van der Waals surface area contributed by atoms with Gasteiger partial charge in [0.05, 0.1) is 6.67 Å². The summed E-state index contributed by atoms with van der Waals surface area (Å²) in [6, 6.07) is 0. The second-order valence-corrected chi connectivity index (χ2v) is 1.88. The standard InChI is InChI=1S/C3H7N2S/c6-5-2-1-4-3-5/h4H,1-3H2. The monoisotopic (exact) mass is 103 g/mol. The predicted molar refractivity (Wildman–Crippen MR) is 27.2 cm³/mol. The lowest BCUT2D eigenvalue weighted by atomic mass is 10.7. The Morgan fingerprint density at radius 2 is 2.50 bits per heavy atom.